The fourth-order valence-electron chi connectivity index (χ4n) is 2.19. The van der Waals surface area contributed by atoms with Crippen molar-refractivity contribution >= 4 is 11.0 Å². The van der Waals surface area contributed by atoms with Crippen LogP contribution in [-0.2, 0) is 6.54 Å². The van der Waals surface area contributed by atoms with Crippen molar-refractivity contribution < 1.29 is 5.11 Å². The molecule has 5 heteroatoms. The molecule has 2 rings (SSSR count). The van der Waals surface area contributed by atoms with Crippen LogP contribution in [0.15, 0.2) is 18.2 Å². The quantitative estimate of drug-likeness (QED) is 0.928. The zero-order chi connectivity index (χ0) is 14.9. The van der Waals surface area contributed by atoms with E-state index in [9.17, 15) is 5.11 Å². The second-order valence-corrected chi connectivity index (χ2v) is 5.42. The summed E-state index contributed by atoms with van der Waals surface area (Å²) in [6.45, 7) is 4.58. The van der Waals surface area contributed by atoms with Crippen molar-refractivity contribution in [2.75, 3.05) is 14.1 Å². The lowest BCUT2D eigenvalue weighted by atomic mass is 10.2. The molecule has 0 amide bonds. The topological polar surface area (TPSA) is 65.1 Å². The Morgan fingerprint density at radius 2 is 2.10 bits per heavy atom. The summed E-state index contributed by atoms with van der Waals surface area (Å²) in [5.41, 5.74) is 1.72. The van der Waals surface area contributed by atoms with Crippen LogP contribution in [0.1, 0.15) is 25.7 Å². The van der Waals surface area contributed by atoms with Gasteiger partial charge < -0.3 is 9.67 Å². The number of benzene rings is 1. The minimum Gasteiger partial charge on any atom is -0.508 e. The van der Waals surface area contributed by atoms with Gasteiger partial charge in [0.15, 0.2) is 0 Å². The summed E-state index contributed by atoms with van der Waals surface area (Å²) in [6, 6.07) is 7.57. The molecule has 20 heavy (non-hydrogen) atoms. The number of hydrogen-bond acceptors (Lipinski definition) is 4. The number of hydrogen-bond donors (Lipinski definition) is 1. The second-order valence-electron chi connectivity index (χ2n) is 5.42. The fraction of sp³-hybridized carbons (Fsp3) is 0.467. The van der Waals surface area contributed by atoms with Gasteiger partial charge in [-0.15, -0.1) is 0 Å². The molecule has 0 aliphatic heterocycles. The van der Waals surface area contributed by atoms with Gasteiger partial charge in [-0.3, -0.25) is 4.90 Å². The highest BCUT2D eigenvalue weighted by molar-refractivity contribution is 5.77. The van der Waals surface area contributed by atoms with Gasteiger partial charge in [0.25, 0.3) is 0 Å². The number of fused-ring (bicyclic) bond motifs is 1. The molecule has 5 nitrogen and oxygen atoms in total. The predicted molar refractivity (Wildman–Crippen MR) is 78.3 cm³/mol. The predicted octanol–water partition coefficient (Wildman–Crippen LogP) is 2.52. The van der Waals surface area contributed by atoms with E-state index in [0.717, 1.165) is 16.9 Å². The number of aromatic nitrogens is 2. The summed E-state index contributed by atoms with van der Waals surface area (Å²) in [4.78, 5) is 6.71. The average Bonchev–Trinajstić information content (AvgIpc) is 2.75. The molecule has 1 N–H and O–H groups in total. The Labute approximate surface area is 119 Å². The second kappa shape index (κ2) is 5.51. The third-order valence-corrected chi connectivity index (χ3v) is 3.59. The van der Waals surface area contributed by atoms with Gasteiger partial charge in [0.05, 0.1) is 29.1 Å². The maximum absolute atomic E-state index is 9.59. The van der Waals surface area contributed by atoms with Gasteiger partial charge in [-0.1, -0.05) is 0 Å². The van der Waals surface area contributed by atoms with E-state index in [4.69, 9.17) is 5.26 Å². The maximum atomic E-state index is 9.59. The lowest BCUT2D eigenvalue weighted by molar-refractivity contribution is 0.299. The van der Waals surface area contributed by atoms with E-state index in [-0.39, 0.29) is 17.7 Å². The molecule has 2 unspecified atom stereocenters. The first-order valence-corrected chi connectivity index (χ1v) is 6.69. The minimum atomic E-state index is -0.0886. The van der Waals surface area contributed by atoms with E-state index >= 15 is 0 Å². The van der Waals surface area contributed by atoms with Gasteiger partial charge in [0, 0.05) is 12.6 Å². The van der Waals surface area contributed by atoms with Crippen molar-refractivity contribution in [2.45, 2.75) is 26.4 Å². The van der Waals surface area contributed by atoms with Crippen LogP contribution < -0.4 is 0 Å². The molecule has 0 fully saturated rings. The molecule has 2 atom stereocenters. The summed E-state index contributed by atoms with van der Waals surface area (Å²) in [5, 5.41) is 18.6. The van der Waals surface area contributed by atoms with Crippen molar-refractivity contribution in [3.8, 4) is 11.8 Å². The van der Waals surface area contributed by atoms with Crippen LogP contribution in [0.25, 0.3) is 11.0 Å². The molecule has 0 saturated heterocycles. The standard InChI is InChI=1S/C15H20N4O/c1-10(8-16)9-19-14-6-5-12(20)7-13(14)17-15(19)11(2)18(3)4/h5-7,10-11,20H,9H2,1-4H3. The molecule has 0 bridgehead atoms. The molecule has 0 saturated carbocycles. The Morgan fingerprint density at radius 3 is 2.70 bits per heavy atom. The van der Waals surface area contributed by atoms with Crippen molar-refractivity contribution in [2.24, 2.45) is 5.92 Å². The zero-order valence-electron chi connectivity index (χ0n) is 12.3. The van der Waals surface area contributed by atoms with E-state index in [2.05, 4.69) is 27.4 Å². The number of aromatic hydroxyl groups is 1. The first-order valence-electron chi connectivity index (χ1n) is 6.69. The largest absolute Gasteiger partial charge is 0.508 e. The molecule has 0 radical (unpaired) electrons. The highest BCUT2D eigenvalue weighted by Crippen LogP contribution is 2.26. The van der Waals surface area contributed by atoms with Gasteiger partial charge in [-0.05, 0) is 40.1 Å². The van der Waals surface area contributed by atoms with E-state index in [1.54, 1.807) is 12.1 Å². The van der Waals surface area contributed by atoms with E-state index in [1.807, 2.05) is 27.1 Å². The van der Waals surface area contributed by atoms with Crippen LogP contribution in [0.2, 0.25) is 0 Å². The molecule has 0 aliphatic rings. The maximum Gasteiger partial charge on any atom is 0.127 e. The van der Waals surface area contributed by atoms with Crippen molar-refractivity contribution in [1.29, 1.82) is 5.26 Å². The normalized spacial score (nSPS) is 14.4. The summed E-state index contributed by atoms with van der Waals surface area (Å²) in [7, 11) is 4.00. The zero-order valence-corrected chi connectivity index (χ0v) is 12.3. The number of nitriles is 1. The van der Waals surface area contributed by atoms with Gasteiger partial charge >= 0.3 is 0 Å². The summed E-state index contributed by atoms with van der Waals surface area (Å²) >= 11 is 0. The van der Waals surface area contributed by atoms with E-state index in [1.165, 1.54) is 0 Å². The molecule has 0 spiro atoms. The lowest BCUT2D eigenvalue weighted by Crippen LogP contribution is -2.22. The SMILES string of the molecule is CC(C#N)Cn1c(C(C)N(C)C)nc2cc(O)ccc21. The molecular formula is C15H20N4O. The monoisotopic (exact) mass is 272 g/mol. The van der Waals surface area contributed by atoms with Gasteiger partial charge in [0.1, 0.15) is 11.6 Å². The van der Waals surface area contributed by atoms with E-state index < -0.39 is 0 Å². The summed E-state index contributed by atoms with van der Waals surface area (Å²) in [6.07, 6.45) is 0. The molecule has 1 heterocycles. The summed E-state index contributed by atoms with van der Waals surface area (Å²) in [5.74, 6) is 1.03. The Kier molecular flexibility index (Phi) is 3.96. The van der Waals surface area contributed by atoms with Gasteiger partial charge in [-0.25, -0.2) is 4.98 Å². The van der Waals surface area contributed by atoms with Crippen LogP contribution in [0, 0.1) is 17.2 Å². The van der Waals surface area contributed by atoms with Crippen LogP contribution in [-0.4, -0.2) is 33.7 Å². The smallest absolute Gasteiger partial charge is 0.127 e. The number of phenolic OH excluding ortho intramolecular Hbond substituents is 1. The van der Waals surface area contributed by atoms with E-state index in [0.29, 0.717) is 6.54 Å². The average molecular weight is 272 g/mol. The summed E-state index contributed by atoms with van der Waals surface area (Å²) < 4.78 is 2.08. The Morgan fingerprint density at radius 1 is 1.40 bits per heavy atom. The minimum absolute atomic E-state index is 0.0886. The molecular weight excluding hydrogens is 252 g/mol. The highest BCUT2D eigenvalue weighted by atomic mass is 16.3. The van der Waals surface area contributed by atoms with Gasteiger partial charge in [-0.2, -0.15) is 5.26 Å². The number of phenols is 1. The molecule has 1 aromatic heterocycles. The molecule has 2 aromatic rings. The fourth-order valence-corrected chi connectivity index (χ4v) is 2.19. The number of imidazole rings is 1. The van der Waals surface area contributed by atoms with Crippen LogP contribution in [0.4, 0.5) is 0 Å². The lowest BCUT2D eigenvalue weighted by Gasteiger charge is -2.21. The Bertz CT molecular complexity index is 654. The third-order valence-electron chi connectivity index (χ3n) is 3.59. The molecule has 1 aromatic carbocycles. The molecule has 0 aliphatic carbocycles. The highest BCUT2D eigenvalue weighted by Gasteiger charge is 2.19. The van der Waals surface area contributed by atoms with Crippen molar-refractivity contribution in [1.82, 2.24) is 14.5 Å². The van der Waals surface area contributed by atoms with Crippen LogP contribution in [0.3, 0.4) is 0 Å². The Balaban J connectivity index is 2.59. The first-order chi connectivity index (χ1) is 9.43. The number of rotatable bonds is 4. The number of nitrogens with zero attached hydrogens (tertiary/aromatic N) is 4. The van der Waals surface area contributed by atoms with Gasteiger partial charge in [0.2, 0.25) is 0 Å². The van der Waals surface area contributed by atoms with Crippen LogP contribution in [0.5, 0.6) is 5.75 Å². The van der Waals surface area contributed by atoms with Crippen LogP contribution >= 0.6 is 0 Å². The van der Waals surface area contributed by atoms with Crippen molar-refractivity contribution in [3.05, 3.63) is 24.0 Å². The third kappa shape index (κ3) is 2.61. The Hall–Kier alpha value is -2.06. The first kappa shape index (κ1) is 14.4. The molecule has 106 valence electrons. The van der Waals surface area contributed by atoms with Crippen molar-refractivity contribution in [3.63, 3.8) is 0 Å².